The lowest BCUT2D eigenvalue weighted by Gasteiger charge is -2.03. The van der Waals surface area contributed by atoms with Crippen molar-refractivity contribution in [1.82, 2.24) is 20.0 Å². The van der Waals surface area contributed by atoms with E-state index in [1.54, 1.807) is 12.3 Å². The van der Waals surface area contributed by atoms with Crippen molar-refractivity contribution in [2.24, 2.45) is 0 Å². The van der Waals surface area contributed by atoms with Gasteiger partial charge in [0.1, 0.15) is 0 Å². The minimum Gasteiger partial charge on any atom is -0.411 e. The number of thioether (sulfide) groups is 1. The average molecular weight is 417 g/mol. The van der Waals surface area contributed by atoms with E-state index in [-0.39, 0.29) is 0 Å². The molecule has 0 atom stereocenters. The van der Waals surface area contributed by atoms with Crippen LogP contribution in [0.15, 0.2) is 64.4 Å². The summed E-state index contributed by atoms with van der Waals surface area (Å²) >= 11 is 13.6. The Morgan fingerprint density at radius 1 is 1.07 bits per heavy atom. The molecule has 0 saturated heterocycles. The van der Waals surface area contributed by atoms with Gasteiger partial charge < -0.3 is 4.42 Å². The van der Waals surface area contributed by atoms with Gasteiger partial charge in [-0.25, -0.2) is 4.68 Å². The van der Waals surface area contributed by atoms with Crippen LogP contribution in [0.2, 0.25) is 10.0 Å². The molecule has 4 rings (SSSR count). The van der Waals surface area contributed by atoms with Crippen molar-refractivity contribution in [2.75, 3.05) is 0 Å². The second kappa shape index (κ2) is 7.76. The third kappa shape index (κ3) is 3.88. The highest BCUT2D eigenvalue weighted by atomic mass is 35.5. The fourth-order valence-corrected chi connectivity index (χ4v) is 3.93. The lowest BCUT2D eigenvalue weighted by Crippen LogP contribution is -1.98. The zero-order valence-corrected chi connectivity index (χ0v) is 16.6. The van der Waals surface area contributed by atoms with Gasteiger partial charge in [0.2, 0.25) is 0 Å². The molecule has 0 unspecified atom stereocenters. The molecular formula is C19H14Cl2N4OS. The molecule has 0 saturated carbocycles. The zero-order chi connectivity index (χ0) is 18.8. The fraction of sp³-hybridized carbons (Fsp3) is 0.105. The third-order valence-electron chi connectivity index (χ3n) is 4.01. The van der Waals surface area contributed by atoms with Crippen molar-refractivity contribution in [2.45, 2.75) is 17.9 Å². The van der Waals surface area contributed by atoms with E-state index in [9.17, 15) is 0 Å². The van der Waals surface area contributed by atoms with Crippen molar-refractivity contribution in [3.8, 4) is 17.1 Å². The summed E-state index contributed by atoms with van der Waals surface area (Å²) < 4.78 is 7.65. The topological polar surface area (TPSA) is 56.7 Å². The number of para-hydroxylation sites is 1. The van der Waals surface area contributed by atoms with Crippen LogP contribution in [0.3, 0.4) is 0 Å². The van der Waals surface area contributed by atoms with Gasteiger partial charge >= 0.3 is 0 Å². The van der Waals surface area contributed by atoms with E-state index >= 15 is 0 Å². The van der Waals surface area contributed by atoms with Gasteiger partial charge in [0, 0.05) is 15.8 Å². The Morgan fingerprint density at radius 2 is 1.89 bits per heavy atom. The molecule has 0 aliphatic rings. The third-order valence-corrected chi connectivity index (χ3v) is 5.47. The molecule has 0 spiro atoms. The molecule has 2 aromatic heterocycles. The molecule has 0 bridgehead atoms. The number of halogens is 2. The van der Waals surface area contributed by atoms with Crippen LogP contribution >= 0.6 is 35.0 Å². The number of nitrogens with zero attached hydrogens (tertiary/aromatic N) is 4. The first-order valence-electron chi connectivity index (χ1n) is 8.12. The van der Waals surface area contributed by atoms with E-state index in [4.69, 9.17) is 27.6 Å². The summed E-state index contributed by atoms with van der Waals surface area (Å²) in [6.07, 6.45) is 1.74. The van der Waals surface area contributed by atoms with Crippen LogP contribution in [0.4, 0.5) is 0 Å². The maximum absolute atomic E-state index is 6.20. The molecule has 4 aromatic rings. The maximum atomic E-state index is 6.20. The maximum Gasteiger partial charge on any atom is 0.277 e. The average Bonchev–Trinajstić information content (AvgIpc) is 3.28. The first-order chi connectivity index (χ1) is 13.1. The van der Waals surface area contributed by atoms with Gasteiger partial charge in [-0.1, -0.05) is 59.2 Å². The summed E-state index contributed by atoms with van der Waals surface area (Å²) in [6, 6.07) is 15.3. The Bertz CT molecular complexity index is 1080. The molecule has 0 radical (unpaired) electrons. The van der Waals surface area contributed by atoms with Gasteiger partial charge in [-0.05, 0) is 36.8 Å². The lowest BCUT2D eigenvalue weighted by atomic mass is 10.2. The summed E-state index contributed by atoms with van der Waals surface area (Å²) in [5.41, 5.74) is 3.68. The lowest BCUT2D eigenvalue weighted by molar-refractivity contribution is 0.465. The highest BCUT2D eigenvalue weighted by Crippen LogP contribution is 2.30. The normalized spacial score (nSPS) is 11.1. The van der Waals surface area contributed by atoms with Gasteiger partial charge in [-0.2, -0.15) is 5.10 Å². The van der Waals surface area contributed by atoms with Crippen LogP contribution in [0.25, 0.3) is 17.1 Å². The van der Waals surface area contributed by atoms with Crippen LogP contribution < -0.4 is 0 Å². The van der Waals surface area contributed by atoms with E-state index in [1.807, 2.05) is 54.1 Å². The fourth-order valence-electron chi connectivity index (χ4n) is 2.60. The smallest absolute Gasteiger partial charge is 0.277 e. The van der Waals surface area contributed by atoms with Gasteiger partial charge in [0.25, 0.3) is 11.1 Å². The Morgan fingerprint density at radius 3 is 2.67 bits per heavy atom. The molecule has 0 fully saturated rings. The number of rotatable bonds is 5. The van der Waals surface area contributed by atoms with E-state index < -0.39 is 0 Å². The van der Waals surface area contributed by atoms with E-state index in [0.29, 0.717) is 26.9 Å². The molecule has 136 valence electrons. The molecule has 0 N–H and O–H groups in total. The first kappa shape index (κ1) is 18.1. The van der Waals surface area contributed by atoms with Crippen molar-refractivity contribution in [3.63, 3.8) is 0 Å². The van der Waals surface area contributed by atoms with Crippen molar-refractivity contribution < 1.29 is 4.42 Å². The first-order valence-corrected chi connectivity index (χ1v) is 9.86. The van der Waals surface area contributed by atoms with Crippen LogP contribution in [0.5, 0.6) is 0 Å². The monoisotopic (exact) mass is 416 g/mol. The van der Waals surface area contributed by atoms with Crippen LogP contribution in [0.1, 0.15) is 11.3 Å². The number of hydrogen-bond donors (Lipinski definition) is 0. The minimum absolute atomic E-state index is 0.444. The van der Waals surface area contributed by atoms with Crippen LogP contribution in [-0.2, 0) is 5.75 Å². The van der Waals surface area contributed by atoms with Gasteiger partial charge in [-0.3, -0.25) is 0 Å². The minimum atomic E-state index is 0.444. The predicted molar refractivity (Wildman–Crippen MR) is 108 cm³/mol. The highest BCUT2D eigenvalue weighted by molar-refractivity contribution is 7.98. The predicted octanol–water partition coefficient (Wildman–Crippen LogP) is 5.83. The van der Waals surface area contributed by atoms with E-state index in [2.05, 4.69) is 15.3 Å². The second-order valence-electron chi connectivity index (χ2n) is 5.79. The van der Waals surface area contributed by atoms with Gasteiger partial charge in [-0.15, -0.1) is 10.2 Å². The molecule has 2 heterocycles. The van der Waals surface area contributed by atoms with Crippen LogP contribution in [-0.4, -0.2) is 20.0 Å². The zero-order valence-electron chi connectivity index (χ0n) is 14.3. The SMILES string of the molecule is Cc1c(-c2nnc(SCc3ccc(Cl)cc3Cl)o2)cnn1-c1ccccc1. The number of aromatic nitrogens is 4. The molecule has 5 nitrogen and oxygen atoms in total. The number of benzene rings is 2. The van der Waals surface area contributed by atoms with E-state index in [0.717, 1.165) is 22.5 Å². The summed E-state index contributed by atoms with van der Waals surface area (Å²) in [7, 11) is 0. The van der Waals surface area contributed by atoms with Crippen molar-refractivity contribution in [3.05, 3.63) is 76.0 Å². The van der Waals surface area contributed by atoms with Crippen molar-refractivity contribution in [1.29, 1.82) is 0 Å². The Labute approximate surface area is 170 Å². The Balaban J connectivity index is 1.52. The summed E-state index contributed by atoms with van der Waals surface area (Å²) in [6.45, 7) is 1.97. The molecule has 0 aliphatic heterocycles. The second-order valence-corrected chi connectivity index (χ2v) is 7.56. The summed E-state index contributed by atoms with van der Waals surface area (Å²) in [4.78, 5) is 0. The largest absolute Gasteiger partial charge is 0.411 e. The Kier molecular flexibility index (Phi) is 5.20. The standard InChI is InChI=1S/C19H14Cl2N4OS/c1-12-16(10-22-25(12)15-5-3-2-4-6-15)18-23-24-19(26-18)27-11-13-7-8-14(20)9-17(13)21/h2-10H,11H2,1H3. The molecule has 27 heavy (non-hydrogen) atoms. The summed E-state index contributed by atoms with van der Waals surface area (Å²) in [5.74, 6) is 1.05. The molecule has 0 aliphatic carbocycles. The Hall–Kier alpha value is -2.28. The summed E-state index contributed by atoms with van der Waals surface area (Å²) in [5, 5.41) is 14.4. The molecule has 2 aromatic carbocycles. The highest BCUT2D eigenvalue weighted by Gasteiger charge is 2.16. The van der Waals surface area contributed by atoms with E-state index in [1.165, 1.54) is 11.8 Å². The number of hydrogen-bond acceptors (Lipinski definition) is 5. The molecule has 0 amide bonds. The van der Waals surface area contributed by atoms with Gasteiger partial charge in [0.05, 0.1) is 23.1 Å². The van der Waals surface area contributed by atoms with Gasteiger partial charge in [0.15, 0.2) is 0 Å². The quantitative estimate of drug-likeness (QED) is 0.383. The van der Waals surface area contributed by atoms with Crippen molar-refractivity contribution >= 4 is 35.0 Å². The van der Waals surface area contributed by atoms with Crippen LogP contribution in [0, 0.1) is 6.92 Å². The molecule has 8 heteroatoms. The molecular weight excluding hydrogens is 403 g/mol.